The van der Waals surface area contributed by atoms with Crippen LogP contribution < -0.4 is 5.32 Å². The molecule has 0 fully saturated rings. The monoisotopic (exact) mass is 189 g/mol. The summed E-state index contributed by atoms with van der Waals surface area (Å²) in [5.74, 6) is 0. The molecule has 0 spiro atoms. The van der Waals surface area contributed by atoms with E-state index in [1.54, 1.807) is 11.1 Å². The predicted molar refractivity (Wildman–Crippen MR) is 51.8 cm³/mol. The molecule has 0 unspecified atom stereocenters. The fraction of sp³-hybridized carbons (Fsp3) is 0.500. The molecule has 62 valence electrons. The Morgan fingerprint density at radius 2 is 1.91 bits per heavy atom. The molecule has 0 radical (unpaired) electrons. The highest BCUT2D eigenvalue weighted by atomic mass is 35.5. The first kappa shape index (κ1) is 9.04. The Bertz CT molecular complexity index is 213. The topological polar surface area (TPSA) is 12.0 Å². The van der Waals surface area contributed by atoms with Gasteiger partial charge in [0.2, 0.25) is 0 Å². The van der Waals surface area contributed by atoms with Gasteiger partial charge in [-0.3, -0.25) is 0 Å². The quantitative estimate of drug-likeness (QED) is 0.711. The number of hydrogen-bond acceptors (Lipinski definition) is 2. The van der Waals surface area contributed by atoms with Gasteiger partial charge in [-0.2, -0.15) is 11.3 Å². The van der Waals surface area contributed by atoms with Gasteiger partial charge in [-0.15, -0.1) is 12.4 Å². The third-order valence-electron chi connectivity index (χ3n) is 2.17. The first-order chi connectivity index (χ1) is 4.90. The molecule has 1 heterocycles. The van der Waals surface area contributed by atoms with E-state index in [9.17, 15) is 0 Å². The molecule has 11 heavy (non-hydrogen) atoms. The van der Waals surface area contributed by atoms with E-state index in [4.69, 9.17) is 0 Å². The van der Waals surface area contributed by atoms with Crippen molar-refractivity contribution < 1.29 is 0 Å². The molecule has 1 aliphatic rings. The van der Waals surface area contributed by atoms with Gasteiger partial charge >= 0.3 is 0 Å². The largest absolute Gasteiger partial charge is 0.316 e. The van der Waals surface area contributed by atoms with E-state index in [1.807, 2.05) is 18.4 Å². The van der Waals surface area contributed by atoms with Crippen LogP contribution in [-0.4, -0.2) is 13.1 Å². The van der Waals surface area contributed by atoms with Crippen molar-refractivity contribution in [2.45, 2.75) is 18.9 Å². The molecule has 3 heteroatoms. The Kier molecular flexibility index (Phi) is 2.93. The van der Waals surface area contributed by atoms with E-state index >= 15 is 0 Å². The molecule has 0 atom stereocenters. The van der Waals surface area contributed by atoms with Crippen LogP contribution in [0.5, 0.6) is 0 Å². The minimum absolute atomic E-state index is 0. The molecule has 0 aromatic carbocycles. The normalized spacial score (nSPS) is 16.1. The van der Waals surface area contributed by atoms with E-state index in [0.29, 0.717) is 6.04 Å². The van der Waals surface area contributed by atoms with E-state index in [1.165, 1.54) is 12.8 Å². The lowest BCUT2D eigenvalue weighted by atomic mass is 10.2. The maximum absolute atomic E-state index is 3.30. The highest BCUT2D eigenvalue weighted by Gasteiger charge is 2.19. The number of hydrogen-bond donors (Lipinski definition) is 1. The first-order valence-corrected chi connectivity index (χ1v) is 4.55. The molecular formula is C8H12ClNS. The molecule has 1 nitrogen and oxygen atoms in total. The minimum atomic E-state index is 0. The average molecular weight is 190 g/mol. The van der Waals surface area contributed by atoms with Gasteiger partial charge in [0.1, 0.15) is 0 Å². The summed E-state index contributed by atoms with van der Waals surface area (Å²) in [5.41, 5.74) is 3.12. The van der Waals surface area contributed by atoms with Gasteiger partial charge in [0, 0.05) is 6.04 Å². The van der Waals surface area contributed by atoms with Crippen molar-refractivity contribution in [3.63, 3.8) is 0 Å². The van der Waals surface area contributed by atoms with Gasteiger partial charge in [-0.05, 0) is 41.8 Å². The van der Waals surface area contributed by atoms with Crippen LogP contribution in [0.1, 0.15) is 11.1 Å². The van der Waals surface area contributed by atoms with Crippen LogP contribution in [0, 0.1) is 0 Å². The summed E-state index contributed by atoms with van der Waals surface area (Å²) in [5, 5.41) is 7.84. The van der Waals surface area contributed by atoms with Gasteiger partial charge in [0.25, 0.3) is 0 Å². The molecule has 0 saturated heterocycles. The van der Waals surface area contributed by atoms with Gasteiger partial charge in [0.15, 0.2) is 0 Å². The number of likely N-dealkylation sites (N-methyl/N-ethyl adjacent to an activating group) is 1. The molecule has 0 saturated carbocycles. The molecule has 0 bridgehead atoms. The van der Waals surface area contributed by atoms with Crippen LogP contribution in [-0.2, 0) is 12.8 Å². The second-order valence-electron chi connectivity index (χ2n) is 2.82. The number of fused-ring (bicyclic) bond motifs is 1. The van der Waals surface area contributed by atoms with Gasteiger partial charge in [-0.1, -0.05) is 0 Å². The highest BCUT2D eigenvalue weighted by molar-refractivity contribution is 7.08. The summed E-state index contributed by atoms with van der Waals surface area (Å²) in [6.45, 7) is 0. The Hall–Kier alpha value is -0.0500. The summed E-state index contributed by atoms with van der Waals surface area (Å²) >= 11 is 1.83. The van der Waals surface area contributed by atoms with E-state index in [0.717, 1.165) is 0 Å². The summed E-state index contributed by atoms with van der Waals surface area (Å²) < 4.78 is 0. The number of halogens is 1. The van der Waals surface area contributed by atoms with Crippen LogP contribution in [0.3, 0.4) is 0 Å². The van der Waals surface area contributed by atoms with Crippen LogP contribution in [0.2, 0.25) is 0 Å². The van der Waals surface area contributed by atoms with Crippen LogP contribution in [0.4, 0.5) is 0 Å². The van der Waals surface area contributed by atoms with Crippen molar-refractivity contribution in [1.82, 2.24) is 5.32 Å². The molecular weight excluding hydrogens is 178 g/mol. The molecule has 1 aliphatic carbocycles. The second kappa shape index (κ2) is 3.57. The lowest BCUT2D eigenvalue weighted by Gasteiger charge is -2.04. The molecule has 0 amide bonds. The summed E-state index contributed by atoms with van der Waals surface area (Å²) in [6, 6.07) is 0.707. The van der Waals surface area contributed by atoms with E-state index in [2.05, 4.69) is 16.1 Å². The third kappa shape index (κ3) is 1.58. The van der Waals surface area contributed by atoms with E-state index in [-0.39, 0.29) is 12.4 Å². The molecule has 0 aliphatic heterocycles. The zero-order chi connectivity index (χ0) is 6.97. The smallest absolute Gasteiger partial charge is 0.0146 e. The fourth-order valence-electron chi connectivity index (χ4n) is 1.52. The van der Waals surface area contributed by atoms with Crippen molar-refractivity contribution in [3.05, 3.63) is 21.9 Å². The van der Waals surface area contributed by atoms with Crippen molar-refractivity contribution in [1.29, 1.82) is 0 Å². The third-order valence-corrected chi connectivity index (χ3v) is 3.02. The Balaban J connectivity index is 0.000000605. The summed E-state index contributed by atoms with van der Waals surface area (Å²) in [6.07, 6.45) is 2.46. The second-order valence-corrected chi connectivity index (χ2v) is 3.56. The van der Waals surface area contributed by atoms with Gasteiger partial charge in [-0.25, -0.2) is 0 Å². The summed E-state index contributed by atoms with van der Waals surface area (Å²) in [4.78, 5) is 0. The molecule has 1 aromatic rings. The van der Waals surface area contributed by atoms with E-state index < -0.39 is 0 Å². The van der Waals surface area contributed by atoms with Gasteiger partial charge < -0.3 is 5.32 Å². The zero-order valence-corrected chi connectivity index (χ0v) is 8.10. The molecule has 2 rings (SSSR count). The van der Waals surface area contributed by atoms with Crippen molar-refractivity contribution in [2.75, 3.05) is 7.05 Å². The Morgan fingerprint density at radius 3 is 2.36 bits per heavy atom. The Morgan fingerprint density at radius 1 is 1.36 bits per heavy atom. The first-order valence-electron chi connectivity index (χ1n) is 3.61. The lowest BCUT2D eigenvalue weighted by Crippen LogP contribution is -2.24. The zero-order valence-electron chi connectivity index (χ0n) is 6.46. The molecule has 1 N–H and O–H groups in total. The average Bonchev–Trinajstić information content (AvgIpc) is 2.42. The maximum atomic E-state index is 3.30. The number of rotatable bonds is 1. The minimum Gasteiger partial charge on any atom is -0.316 e. The molecule has 1 aromatic heterocycles. The number of thiophene rings is 1. The highest BCUT2D eigenvalue weighted by Crippen LogP contribution is 2.25. The summed E-state index contributed by atoms with van der Waals surface area (Å²) in [7, 11) is 2.04. The van der Waals surface area contributed by atoms with Gasteiger partial charge in [0.05, 0.1) is 0 Å². The van der Waals surface area contributed by atoms with Crippen LogP contribution in [0.25, 0.3) is 0 Å². The van der Waals surface area contributed by atoms with Crippen LogP contribution in [0.15, 0.2) is 10.8 Å². The SMILES string of the molecule is CNC1Cc2cscc2C1.Cl. The lowest BCUT2D eigenvalue weighted by molar-refractivity contribution is 0.593. The van der Waals surface area contributed by atoms with Crippen LogP contribution >= 0.6 is 23.7 Å². The number of nitrogens with one attached hydrogen (secondary N) is 1. The maximum Gasteiger partial charge on any atom is 0.0146 e. The Labute approximate surface area is 77.2 Å². The van der Waals surface area contributed by atoms with Crippen molar-refractivity contribution in [2.24, 2.45) is 0 Å². The predicted octanol–water partition coefficient (Wildman–Crippen LogP) is 1.86. The standard InChI is InChI=1S/C8H11NS.ClH/c1-9-8-2-6-4-10-5-7(6)3-8;/h4-5,8-9H,2-3H2,1H3;1H. The fourth-order valence-corrected chi connectivity index (χ4v) is 2.41. The van der Waals surface area contributed by atoms with Crippen molar-refractivity contribution >= 4 is 23.7 Å². The van der Waals surface area contributed by atoms with Crippen molar-refractivity contribution in [3.8, 4) is 0 Å².